The molecule has 0 heterocycles. The molecule has 0 aliphatic heterocycles. The first-order chi connectivity index (χ1) is 11.9. The monoisotopic (exact) mass is 364 g/mol. The number of hydrogen-bond acceptors (Lipinski definition) is 4. The third-order valence-corrected chi connectivity index (χ3v) is 4.91. The average Bonchev–Trinajstić information content (AvgIpc) is 2.56. The summed E-state index contributed by atoms with van der Waals surface area (Å²) in [6, 6.07) is 10.9. The van der Waals surface area contributed by atoms with E-state index in [-0.39, 0.29) is 16.4 Å². The Morgan fingerprint density at radius 2 is 1.64 bits per heavy atom. The van der Waals surface area contributed by atoms with Crippen LogP contribution in [0.1, 0.15) is 44.6 Å². The smallest absolute Gasteiger partial charge is 0.298 e. The zero-order valence-corrected chi connectivity index (χ0v) is 15.1. The molecule has 0 spiro atoms. The van der Waals surface area contributed by atoms with Crippen molar-refractivity contribution >= 4 is 10.1 Å². The van der Waals surface area contributed by atoms with Gasteiger partial charge in [0.15, 0.2) is 0 Å². The minimum Gasteiger partial charge on any atom is -0.508 e. The van der Waals surface area contributed by atoms with Crippen LogP contribution >= 0.6 is 0 Å². The van der Waals surface area contributed by atoms with Gasteiger partial charge in [-0.2, -0.15) is 8.42 Å². The van der Waals surface area contributed by atoms with E-state index in [9.17, 15) is 18.1 Å². The molecule has 6 heteroatoms. The number of phenols is 1. The first-order valence-corrected chi connectivity index (χ1v) is 9.92. The Hall–Kier alpha value is -2.05. The van der Waals surface area contributed by atoms with Crippen LogP contribution in [0.25, 0.3) is 0 Å². The second-order valence-corrected chi connectivity index (χ2v) is 7.34. The maximum atomic E-state index is 11.9. The van der Waals surface area contributed by atoms with Crippen LogP contribution in [0.3, 0.4) is 0 Å². The lowest BCUT2D eigenvalue weighted by Gasteiger charge is -2.13. The summed E-state index contributed by atoms with van der Waals surface area (Å²) in [4.78, 5) is -0.182. The molecule has 2 aromatic rings. The topological polar surface area (TPSA) is 83.8 Å². The zero-order valence-electron chi connectivity index (χ0n) is 14.3. The molecule has 2 aromatic carbocycles. The van der Waals surface area contributed by atoms with Crippen LogP contribution in [0.4, 0.5) is 0 Å². The van der Waals surface area contributed by atoms with Crippen molar-refractivity contribution in [3.05, 3.63) is 48.0 Å². The molecule has 0 bridgehead atoms. The van der Waals surface area contributed by atoms with Crippen molar-refractivity contribution in [1.82, 2.24) is 0 Å². The summed E-state index contributed by atoms with van der Waals surface area (Å²) in [7, 11) is -4.41. The summed E-state index contributed by atoms with van der Waals surface area (Å²) < 4.78 is 39.1. The molecule has 2 rings (SSSR count). The summed E-state index contributed by atoms with van der Waals surface area (Å²) >= 11 is 0. The van der Waals surface area contributed by atoms with E-state index in [0.29, 0.717) is 17.7 Å². The van der Waals surface area contributed by atoms with E-state index < -0.39 is 10.1 Å². The van der Waals surface area contributed by atoms with Crippen LogP contribution in [0.2, 0.25) is 0 Å². The first-order valence-electron chi connectivity index (χ1n) is 8.48. The lowest BCUT2D eigenvalue weighted by Crippen LogP contribution is -2.06. The van der Waals surface area contributed by atoms with Gasteiger partial charge in [0.2, 0.25) is 0 Å². The Kier molecular flexibility index (Phi) is 6.84. The van der Waals surface area contributed by atoms with Gasteiger partial charge in [0.05, 0.1) is 0 Å². The molecule has 0 aliphatic rings. The van der Waals surface area contributed by atoms with E-state index >= 15 is 0 Å². The van der Waals surface area contributed by atoms with Crippen molar-refractivity contribution in [2.45, 2.75) is 50.3 Å². The fourth-order valence-corrected chi connectivity index (χ4v) is 3.56. The molecule has 0 aromatic heterocycles. The summed E-state index contributed by atoms with van der Waals surface area (Å²) in [5.41, 5.74) is 0.551. The molecule has 2 N–H and O–H groups in total. The van der Waals surface area contributed by atoms with Crippen molar-refractivity contribution in [2.75, 3.05) is 0 Å². The van der Waals surface area contributed by atoms with Crippen LogP contribution in [0.15, 0.2) is 47.4 Å². The van der Waals surface area contributed by atoms with E-state index in [1.807, 2.05) is 0 Å². The van der Waals surface area contributed by atoms with Gasteiger partial charge in [0.25, 0.3) is 10.1 Å². The average molecular weight is 364 g/mol. The Morgan fingerprint density at radius 3 is 2.28 bits per heavy atom. The number of benzene rings is 2. The van der Waals surface area contributed by atoms with Crippen LogP contribution < -0.4 is 4.74 Å². The fourth-order valence-electron chi connectivity index (χ4n) is 2.69. The summed E-state index contributed by atoms with van der Waals surface area (Å²) in [5.74, 6) is 0.547. The molecule has 0 atom stereocenters. The van der Waals surface area contributed by atoms with Gasteiger partial charge in [-0.15, -0.1) is 0 Å². The SMILES string of the molecule is CCCCCCCc1cccc(Oc2ccc(O)cc2)c1S(=O)(=O)O. The highest BCUT2D eigenvalue weighted by atomic mass is 32.2. The Bertz CT molecular complexity index is 782. The molecule has 136 valence electrons. The number of phenolic OH excluding ortho intramolecular Hbond substituents is 1. The minimum absolute atomic E-state index is 0.0826. The molecule has 0 saturated carbocycles. The minimum atomic E-state index is -4.41. The Labute approximate surface area is 149 Å². The van der Waals surface area contributed by atoms with Gasteiger partial charge in [0.1, 0.15) is 22.1 Å². The second kappa shape index (κ2) is 8.87. The lowest BCUT2D eigenvalue weighted by molar-refractivity contribution is 0.443. The standard InChI is InChI=1S/C19H24O5S/c1-2-3-4-5-6-8-15-9-7-10-18(19(15)25(21,22)23)24-17-13-11-16(20)12-14-17/h7,9-14,20H,2-6,8H2,1H3,(H,21,22,23). The molecule has 25 heavy (non-hydrogen) atoms. The first kappa shape index (κ1) is 19.3. The summed E-state index contributed by atoms with van der Waals surface area (Å²) in [6.45, 7) is 2.14. The van der Waals surface area contributed by atoms with Crippen LogP contribution in [-0.2, 0) is 16.5 Å². The van der Waals surface area contributed by atoms with E-state index in [4.69, 9.17) is 4.74 Å². The second-order valence-electron chi connectivity index (χ2n) is 5.98. The van der Waals surface area contributed by atoms with Crippen molar-refractivity contribution in [1.29, 1.82) is 0 Å². The normalized spacial score (nSPS) is 11.4. The number of hydrogen-bond donors (Lipinski definition) is 2. The molecule has 0 fully saturated rings. The highest BCUT2D eigenvalue weighted by Gasteiger charge is 2.21. The third-order valence-electron chi connectivity index (χ3n) is 3.93. The van der Waals surface area contributed by atoms with Crippen LogP contribution in [0, 0.1) is 0 Å². The van der Waals surface area contributed by atoms with Crippen LogP contribution in [0.5, 0.6) is 17.2 Å². The number of aromatic hydroxyl groups is 1. The molecular weight excluding hydrogens is 340 g/mol. The van der Waals surface area contributed by atoms with E-state index in [0.717, 1.165) is 32.1 Å². The highest BCUT2D eigenvalue weighted by molar-refractivity contribution is 7.86. The van der Waals surface area contributed by atoms with Gasteiger partial charge in [-0.3, -0.25) is 4.55 Å². The number of unbranched alkanes of at least 4 members (excludes halogenated alkanes) is 4. The van der Waals surface area contributed by atoms with Gasteiger partial charge < -0.3 is 9.84 Å². The van der Waals surface area contributed by atoms with Crippen molar-refractivity contribution in [2.24, 2.45) is 0 Å². The Morgan fingerprint density at radius 1 is 0.960 bits per heavy atom. The number of rotatable bonds is 9. The third kappa shape index (κ3) is 5.76. The van der Waals surface area contributed by atoms with Crippen LogP contribution in [-0.4, -0.2) is 18.1 Å². The van der Waals surface area contributed by atoms with Gasteiger partial charge in [0, 0.05) is 0 Å². The number of aryl methyl sites for hydroxylation is 1. The van der Waals surface area contributed by atoms with Crippen molar-refractivity contribution in [3.8, 4) is 17.2 Å². The maximum Gasteiger partial charge on any atom is 0.298 e. The Balaban J connectivity index is 2.24. The van der Waals surface area contributed by atoms with Crippen molar-refractivity contribution < 1.29 is 22.8 Å². The van der Waals surface area contributed by atoms with E-state index in [1.165, 1.54) is 30.3 Å². The predicted octanol–water partition coefficient (Wildman–Crippen LogP) is 4.94. The highest BCUT2D eigenvalue weighted by Crippen LogP contribution is 2.33. The molecule has 0 radical (unpaired) electrons. The predicted molar refractivity (Wildman–Crippen MR) is 96.9 cm³/mol. The zero-order chi connectivity index (χ0) is 18.3. The molecule has 0 unspecified atom stereocenters. The van der Waals surface area contributed by atoms with Crippen molar-refractivity contribution in [3.63, 3.8) is 0 Å². The van der Waals surface area contributed by atoms with E-state index in [1.54, 1.807) is 12.1 Å². The maximum absolute atomic E-state index is 11.9. The molecule has 0 aliphatic carbocycles. The molecule has 0 amide bonds. The fraction of sp³-hybridized carbons (Fsp3) is 0.368. The van der Waals surface area contributed by atoms with E-state index in [2.05, 4.69) is 6.92 Å². The number of ether oxygens (including phenoxy) is 1. The van der Waals surface area contributed by atoms with Gasteiger partial charge in [-0.25, -0.2) is 0 Å². The largest absolute Gasteiger partial charge is 0.508 e. The van der Waals surface area contributed by atoms with Gasteiger partial charge in [-0.05, 0) is 48.7 Å². The van der Waals surface area contributed by atoms with Gasteiger partial charge >= 0.3 is 0 Å². The molecular formula is C19H24O5S. The summed E-state index contributed by atoms with van der Waals surface area (Å²) in [5, 5.41) is 9.32. The lowest BCUT2D eigenvalue weighted by atomic mass is 10.1. The quantitative estimate of drug-likeness (QED) is 0.486. The summed E-state index contributed by atoms with van der Waals surface area (Å²) in [6.07, 6.45) is 5.85. The molecule has 5 nitrogen and oxygen atoms in total. The van der Waals surface area contributed by atoms with Gasteiger partial charge in [-0.1, -0.05) is 44.7 Å². The molecule has 0 saturated heterocycles.